The van der Waals surface area contributed by atoms with Gasteiger partial charge in [0.15, 0.2) is 5.82 Å². The van der Waals surface area contributed by atoms with Crippen LogP contribution in [0.3, 0.4) is 0 Å². The number of amides is 1. The second kappa shape index (κ2) is 6.71. The molecule has 0 radical (unpaired) electrons. The minimum Gasteiger partial charge on any atom is -0.465 e. The van der Waals surface area contributed by atoms with Gasteiger partial charge in [0.05, 0.1) is 25.4 Å². The van der Waals surface area contributed by atoms with Gasteiger partial charge in [-0.1, -0.05) is 0 Å². The van der Waals surface area contributed by atoms with Crippen LogP contribution >= 0.6 is 0 Å². The van der Waals surface area contributed by atoms with Crippen molar-refractivity contribution in [3.8, 4) is 0 Å². The molecule has 1 aliphatic heterocycles. The van der Waals surface area contributed by atoms with Crippen LogP contribution in [-0.4, -0.2) is 67.6 Å². The fraction of sp³-hybridized carbons (Fsp3) is 0.667. The molecule has 2 rings (SSSR count). The molecule has 2 atom stereocenters. The maximum Gasteiger partial charge on any atom is 0.407 e. The van der Waals surface area contributed by atoms with Crippen LogP contribution in [0.2, 0.25) is 0 Å². The van der Waals surface area contributed by atoms with E-state index in [0.717, 1.165) is 6.20 Å². The van der Waals surface area contributed by atoms with Crippen molar-refractivity contribution in [1.82, 2.24) is 14.5 Å². The minimum absolute atomic E-state index is 0.0217. The number of aliphatic hydroxyl groups is 1. The summed E-state index contributed by atoms with van der Waals surface area (Å²) < 4.78 is 6.55. The summed E-state index contributed by atoms with van der Waals surface area (Å²) in [6, 6.07) is -0.468. The van der Waals surface area contributed by atoms with Crippen molar-refractivity contribution in [2.45, 2.75) is 32.0 Å². The summed E-state index contributed by atoms with van der Waals surface area (Å²) in [5.41, 5.74) is 0. The van der Waals surface area contributed by atoms with Crippen molar-refractivity contribution in [2.24, 2.45) is 0 Å². The summed E-state index contributed by atoms with van der Waals surface area (Å²) >= 11 is 0. The highest BCUT2D eigenvalue weighted by Crippen LogP contribution is 2.18. The summed E-state index contributed by atoms with van der Waals surface area (Å²) in [5, 5.41) is 30.2. The first-order valence-electron chi connectivity index (χ1n) is 6.82. The topological polar surface area (TPSA) is 131 Å². The Balaban J connectivity index is 2.03. The zero-order valence-corrected chi connectivity index (χ0v) is 12.1. The number of rotatable bonds is 5. The smallest absolute Gasteiger partial charge is 0.407 e. The molecule has 2 N–H and O–H groups in total. The molecule has 0 spiro atoms. The molecule has 2 unspecified atom stereocenters. The number of aliphatic hydroxyl groups excluding tert-OH is 1. The number of imidazole rings is 1. The Morgan fingerprint density at radius 1 is 1.68 bits per heavy atom. The van der Waals surface area contributed by atoms with Crippen molar-refractivity contribution in [3.05, 3.63) is 22.1 Å². The van der Waals surface area contributed by atoms with Gasteiger partial charge < -0.3 is 30.0 Å². The lowest BCUT2D eigenvalue weighted by Gasteiger charge is -2.34. The first kappa shape index (κ1) is 16.2. The molecule has 2 heterocycles. The lowest BCUT2D eigenvalue weighted by molar-refractivity contribution is -0.392. The molecule has 122 valence electrons. The van der Waals surface area contributed by atoms with Gasteiger partial charge in [0.1, 0.15) is 12.7 Å². The Kier molecular flexibility index (Phi) is 4.93. The predicted molar refractivity (Wildman–Crippen MR) is 73.6 cm³/mol. The van der Waals surface area contributed by atoms with Gasteiger partial charge in [0.2, 0.25) is 0 Å². The van der Waals surface area contributed by atoms with E-state index in [4.69, 9.17) is 9.84 Å². The van der Waals surface area contributed by atoms with E-state index in [0.29, 0.717) is 12.4 Å². The van der Waals surface area contributed by atoms with Gasteiger partial charge in [-0.2, -0.15) is 0 Å². The zero-order chi connectivity index (χ0) is 16.3. The molecule has 10 nitrogen and oxygen atoms in total. The summed E-state index contributed by atoms with van der Waals surface area (Å²) in [5.74, 6) is 0.215. The molecule has 0 saturated carbocycles. The fourth-order valence-electron chi connectivity index (χ4n) is 2.53. The summed E-state index contributed by atoms with van der Waals surface area (Å²) in [4.78, 5) is 26.6. The predicted octanol–water partition coefficient (Wildman–Crippen LogP) is 0.230. The number of hydrogen-bond donors (Lipinski definition) is 2. The molecule has 0 bridgehead atoms. The highest BCUT2D eigenvalue weighted by atomic mass is 16.6. The number of carboxylic acid groups (broad SMARTS) is 1. The lowest BCUT2D eigenvalue weighted by atomic mass is 10.1. The van der Waals surface area contributed by atoms with Gasteiger partial charge in [-0.3, -0.25) is 0 Å². The second-order valence-corrected chi connectivity index (χ2v) is 5.13. The first-order valence-corrected chi connectivity index (χ1v) is 6.82. The highest BCUT2D eigenvalue weighted by Gasteiger charge is 2.30. The Morgan fingerprint density at radius 2 is 2.41 bits per heavy atom. The minimum atomic E-state index is -1.06. The van der Waals surface area contributed by atoms with Crippen LogP contribution in [0.15, 0.2) is 6.20 Å². The van der Waals surface area contributed by atoms with Crippen molar-refractivity contribution in [1.29, 1.82) is 0 Å². The van der Waals surface area contributed by atoms with E-state index in [1.54, 1.807) is 6.92 Å². The van der Waals surface area contributed by atoms with E-state index in [1.165, 1.54) is 9.47 Å². The van der Waals surface area contributed by atoms with Gasteiger partial charge in [-0.05, 0) is 11.3 Å². The number of nitrogens with zero attached hydrogens (tertiary/aromatic N) is 4. The zero-order valence-electron chi connectivity index (χ0n) is 12.1. The third kappa shape index (κ3) is 3.52. The Morgan fingerprint density at radius 3 is 3.05 bits per heavy atom. The number of hydrogen-bond acceptors (Lipinski definition) is 6. The molecule has 1 saturated heterocycles. The van der Waals surface area contributed by atoms with Gasteiger partial charge in [-0.25, -0.2) is 14.3 Å². The van der Waals surface area contributed by atoms with Crippen LogP contribution in [0, 0.1) is 17.0 Å². The normalized spacial score (nSPS) is 19.9. The van der Waals surface area contributed by atoms with E-state index < -0.39 is 23.2 Å². The first-order chi connectivity index (χ1) is 10.4. The van der Waals surface area contributed by atoms with Crippen molar-refractivity contribution >= 4 is 11.9 Å². The average Bonchev–Trinajstić information content (AvgIpc) is 2.80. The maximum atomic E-state index is 11.1. The molecule has 1 aromatic heterocycles. The molecular weight excluding hydrogens is 296 g/mol. The van der Waals surface area contributed by atoms with Gasteiger partial charge in [0, 0.05) is 13.5 Å². The third-order valence-electron chi connectivity index (χ3n) is 3.63. The Bertz CT molecular complexity index is 560. The standard InChI is InChI=1S/C12H18N4O6/c1-8-13-5-11(16(20)21)15(8)6-10(17)4-9-7-22-3-2-14(9)12(18)19/h5,9-10,17H,2-4,6-7H2,1H3,(H,18,19). The quantitative estimate of drug-likeness (QED) is 0.587. The van der Waals surface area contributed by atoms with E-state index in [1.807, 2.05) is 0 Å². The molecule has 22 heavy (non-hydrogen) atoms. The van der Waals surface area contributed by atoms with Crippen LogP contribution in [0.4, 0.5) is 10.6 Å². The Hall–Kier alpha value is -2.20. The summed E-state index contributed by atoms with van der Waals surface area (Å²) in [7, 11) is 0. The van der Waals surface area contributed by atoms with Crippen molar-refractivity contribution in [3.63, 3.8) is 0 Å². The number of aromatic nitrogens is 2. The van der Waals surface area contributed by atoms with Crippen LogP contribution in [0.5, 0.6) is 0 Å². The molecule has 0 aliphatic carbocycles. The van der Waals surface area contributed by atoms with Crippen molar-refractivity contribution in [2.75, 3.05) is 19.8 Å². The summed E-state index contributed by atoms with van der Waals surface area (Å²) in [6.45, 7) is 2.36. The van der Waals surface area contributed by atoms with E-state index >= 15 is 0 Å². The van der Waals surface area contributed by atoms with Gasteiger partial charge in [0.25, 0.3) is 0 Å². The van der Waals surface area contributed by atoms with Gasteiger partial charge >= 0.3 is 11.9 Å². The molecule has 1 aliphatic rings. The maximum absolute atomic E-state index is 11.1. The van der Waals surface area contributed by atoms with Gasteiger partial charge in [-0.15, -0.1) is 0 Å². The monoisotopic (exact) mass is 314 g/mol. The molecule has 1 aromatic rings. The average molecular weight is 314 g/mol. The van der Waals surface area contributed by atoms with E-state index in [-0.39, 0.29) is 31.9 Å². The molecule has 1 amide bonds. The van der Waals surface area contributed by atoms with Crippen LogP contribution in [0.1, 0.15) is 12.2 Å². The number of carbonyl (C=O) groups is 1. The van der Waals surface area contributed by atoms with Crippen LogP contribution < -0.4 is 0 Å². The summed E-state index contributed by atoms with van der Waals surface area (Å²) in [6.07, 6.45) is -0.735. The molecular formula is C12H18N4O6. The largest absolute Gasteiger partial charge is 0.465 e. The SMILES string of the molecule is Cc1ncc([N+](=O)[O-])n1CC(O)CC1COCCN1C(=O)O. The number of morpholine rings is 1. The molecule has 1 fully saturated rings. The van der Waals surface area contributed by atoms with E-state index in [9.17, 15) is 20.0 Å². The van der Waals surface area contributed by atoms with Crippen molar-refractivity contribution < 1.29 is 24.7 Å². The van der Waals surface area contributed by atoms with Crippen LogP contribution in [0.25, 0.3) is 0 Å². The van der Waals surface area contributed by atoms with Crippen LogP contribution in [-0.2, 0) is 11.3 Å². The second-order valence-electron chi connectivity index (χ2n) is 5.13. The molecule has 0 aromatic carbocycles. The molecule has 10 heteroatoms. The Labute approximate surface area is 126 Å². The highest BCUT2D eigenvalue weighted by molar-refractivity contribution is 5.65. The van der Waals surface area contributed by atoms with E-state index in [2.05, 4.69) is 4.98 Å². The fourth-order valence-corrected chi connectivity index (χ4v) is 2.53. The number of aryl methyl sites for hydroxylation is 1. The third-order valence-corrected chi connectivity index (χ3v) is 3.63. The lowest BCUT2D eigenvalue weighted by Crippen LogP contribution is -2.49. The number of ether oxygens (including phenoxy) is 1. The number of nitro groups is 1.